The molecule has 2 rings (SSSR count). The SMILES string of the molecule is CCCCCCCCCCCCCCc1ccc(OC(C)CCOC(=O)C(C)C[N+](C)(C)Cc2ccccc2)cc1. The number of carbonyl (C=O) groups excluding carboxylic acids is 1. The molecular weight excluding hydrogens is 506 g/mol. The molecule has 0 bridgehead atoms. The minimum Gasteiger partial charge on any atom is -0.491 e. The van der Waals surface area contributed by atoms with Crippen LogP contribution in [0.2, 0.25) is 0 Å². The Hall–Kier alpha value is -2.33. The zero-order valence-corrected chi connectivity index (χ0v) is 27.0. The molecule has 0 spiro atoms. The fourth-order valence-corrected chi connectivity index (χ4v) is 5.62. The minimum absolute atomic E-state index is 0.00870. The molecule has 41 heavy (non-hydrogen) atoms. The van der Waals surface area contributed by atoms with E-state index in [0.29, 0.717) is 13.0 Å². The summed E-state index contributed by atoms with van der Waals surface area (Å²) in [6.07, 6.45) is 18.4. The number of hydrogen-bond acceptors (Lipinski definition) is 3. The molecule has 4 heteroatoms. The monoisotopic (exact) mass is 566 g/mol. The molecule has 2 aromatic carbocycles. The third-order valence-corrected chi connectivity index (χ3v) is 7.97. The summed E-state index contributed by atoms with van der Waals surface area (Å²) in [7, 11) is 4.33. The van der Waals surface area contributed by atoms with Crippen LogP contribution in [0.1, 0.15) is 115 Å². The van der Waals surface area contributed by atoms with Gasteiger partial charge in [-0.05, 0) is 44.4 Å². The van der Waals surface area contributed by atoms with Crippen LogP contribution in [0, 0.1) is 5.92 Å². The molecule has 0 saturated carbocycles. The number of quaternary nitrogens is 1. The molecule has 0 heterocycles. The van der Waals surface area contributed by atoms with E-state index in [4.69, 9.17) is 9.47 Å². The highest BCUT2D eigenvalue weighted by Crippen LogP contribution is 2.18. The molecular formula is C37H60NO3+. The van der Waals surface area contributed by atoms with Crippen LogP contribution in [0.4, 0.5) is 0 Å². The quantitative estimate of drug-likeness (QED) is 0.0763. The molecule has 230 valence electrons. The van der Waals surface area contributed by atoms with Gasteiger partial charge in [-0.1, -0.05) is 120 Å². The lowest BCUT2D eigenvalue weighted by molar-refractivity contribution is -0.905. The Kier molecular flexibility index (Phi) is 17.5. The molecule has 0 radical (unpaired) electrons. The van der Waals surface area contributed by atoms with E-state index >= 15 is 0 Å². The number of aryl methyl sites for hydroxylation is 1. The summed E-state index contributed by atoms with van der Waals surface area (Å²) in [5.74, 6) is 0.608. The third-order valence-electron chi connectivity index (χ3n) is 7.97. The number of ether oxygens (including phenoxy) is 2. The summed E-state index contributed by atoms with van der Waals surface area (Å²) in [5, 5.41) is 0. The second-order valence-electron chi connectivity index (χ2n) is 12.8. The molecule has 0 aliphatic rings. The van der Waals surface area contributed by atoms with Gasteiger partial charge in [0, 0.05) is 12.0 Å². The zero-order valence-electron chi connectivity index (χ0n) is 27.0. The fourth-order valence-electron chi connectivity index (χ4n) is 5.62. The number of unbranched alkanes of at least 4 members (excludes halogenated alkanes) is 11. The Labute approximate surface area is 252 Å². The van der Waals surface area contributed by atoms with Crippen LogP contribution in [-0.2, 0) is 22.5 Å². The van der Waals surface area contributed by atoms with E-state index in [0.717, 1.165) is 29.7 Å². The number of benzene rings is 2. The van der Waals surface area contributed by atoms with E-state index in [-0.39, 0.29) is 18.0 Å². The molecule has 0 aromatic heterocycles. The fraction of sp³-hybridized carbons (Fsp3) is 0.649. The minimum atomic E-state index is -0.150. The second kappa shape index (κ2) is 20.5. The maximum Gasteiger partial charge on any atom is 0.314 e. The Morgan fingerprint density at radius 1 is 0.732 bits per heavy atom. The van der Waals surface area contributed by atoms with Crippen LogP contribution in [-0.4, -0.2) is 43.8 Å². The van der Waals surface area contributed by atoms with Crippen molar-refractivity contribution in [2.24, 2.45) is 5.92 Å². The topological polar surface area (TPSA) is 35.5 Å². The highest BCUT2D eigenvalue weighted by Gasteiger charge is 2.25. The van der Waals surface area contributed by atoms with Gasteiger partial charge in [0.05, 0.1) is 33.4 Å². The van der Waals surface area contributed by atoms with Gasteiger partial charge in [-0.2, -0.15) is 0 Å². The van der Waals surface area contributed by atoms with Gasteiger partial charge >= 0.3 is 5.97 Å². The largest absolute Gasteiger partial charge is 0.491 e. The van der Waals surface area contributed by atoms with Crippen LogP contribution < -0.4 is 4.74 Å². The van der Waals surface area contributed by atoms with Crippen LogP contribution in [0.25, 0.3) is 0 Å². The molecule has 2 aromatic rings. The van der Waals surface area contributed by atoms with Gasteiger partial charge in [-0.25, -0.2) is 0 Å². The van der Waals surface area contributed by atoms with Gasteiger partial charge in [0.15, 0.2) is 0 Å². The van der Waals surface area contributed by atoms with Crippen molar-refractivity contribution in [3.8, 4) is 5.75 Å². The number of nitrogens with zero attached hydrogens (tertiary/aromatic N) is 1. The predicted octanol–water partition coefficient (Wildman–Crippen LogP) is 9.54. The summed E-state index contributed by atoms with van der Waals surface area (Å²) in [6, 6.07) is 19.0. The second-order valence-corrected chi connectivity index (χ2v) is 12.8. The Bertz CT molecular complexity index is 925. The van der Waals surface area contributed by atoms with Gasteiger partial charge in [0.2, 0.25) is 0 Å². The average molecular weight is 567 g/mol. The van der Waals surface area contributed by atoms with Gasteiger partial charge < -0.3 is 14.0 Å². The maximum absolute atomic E-state index is 12.6. The smallest absolute Gasteiger partial charge is 0.314 e. The van der Waals surface area contributed by atoms with Crippen molar-refractivity contribution in [2.45, 2.75) is 123 Å². The Morgan fingerprint density at radius 2 is 1.29 bits per heavy atom. The first kappa shape index (κ1) is 34.9. The van der Waals surface area contributed by atoms with Crippen LogP contribution in [0.3, 0.4) is 0 Å². The van der Waals surface area contributed by atoms with E-state index in [2.05, 4.69) is 69.6 Å². The molecule has 2 unspecified atom stereocenters. The number of rotatable bonds is 23. The van der Waals surface area contributed by atoms with E-state index in [1.165, 1.54) is 88.2 Å². The molecule has 2 atom stereocenters. The molecule has 0 aliphatic heterocycles. The Balaban J connectivity index is 1.53. The normalized spacial score (nSPS) is 13.1. The number of carbonyl (C=O) groups is 1. The van der Waals surface area contributed by atoms with Crippen molar-refractivity contribution >= 4 is 5.97 Å². The van der Waals surface area contributed by atoms with Crippen molar-refractivity contribution in [3.63, 3.8) is 0 Å². The van der Waals surface area contributed by atoms with Crippen molar-refractivity contribution in [1.82, 2.24) is 0 Å². The summed E-state index contributed by atoms with van der Waals surface area (Å²) in [4.78, 5) is 12.6. The lowest BCUT2D eigenvalue weighted by Crippen LogP contribution is -2.44. The summed E-state index contributed by atoms with van der Waals surface area (Å²) < 4.78 is 12.4. The van der Waals surface area contributed by atoms with Crippen molar-refractivity contribution < 1.29 is 18.8 Å². The van der Waals surface area contributed by atoms with Crippen molar-refractivity contribution in [1.29, 1.82) is 0 Å². The van der Waals surface area contributed by atoms with Gasteiger partial charge in [0.25, 0.3) is 0 Å². The maximum atomic E-state index is 12.6. The number of esters is 1. The van der Waals surface area contributed by atoms with Crippen LogP contribution >= 0.6 is 0 Å². The van der Waals surface area contributed by atoms with E-state index < -0.39 is 0 Å². The number of hydrogen-bond donors (Lipinski definition) is 0. The lowest BCUT2D eigenvalue weighted by Gasteiger charge is -2.32. The van der Waals surface area contributed by atoms with Gasteiger partial charge in [0.1, 0.15) is 18.2 Å². The highest BCUT2D eigenvalue weighted by molar-refractivity contribution is 5.72. The van der Waals surface area contributed by atoms with E-state index in [9.17, 15) is 4.79 Å². The van der Waals surface area contributed by atoms with Crippen molar-refractivity contribution in [3.05, 3.63) is 65.7 Å². The predicted molar refractivity (Wildman–Crippen MR) is 173 cm³/mol. The standard InChI is InChI=1S/C37H60NO3/c1-6-7-8-9-10-11-12-13-14-15-16-18-21-34-24-26-36(27-25-34)41-33(3)28-29-40-37(39)32(2)30-38(4,5)31-35-22-19-17-20-23-35/h17,19-20,22-27,32-33H,6-16,18,21,28-31H2,1-5H3/q+1. The Morgan fingerprint density at radius 3 is 1.88 bits per heavy atom. The summed E-state index contributed by atoms with van der Waals surface area (Å²) >= 11 is 0. The summed E-state index contributed by atoms with van der Waals surface area (Å²) in [5.41, 5.74) is 2.66. The molecule has 0 saturated heterocycles. The first-order valence-electron chi connectivity index (χ1n) is 16.6. The molecule has 0 N–H and O–H groups in total. The average Bonchev–Trinajstić information content (AvgIpc) is 2.94. The zero-order chi connectivity index (χ0) is 29.8. The summed E-state index contributed by atoms with van der Waals surface area (Å²) in [6.45, 7) is 8.30. The van der Waals surface area contributed by atoms with E-state index in [1.54, 1.807) is 0 Å². The molecule has 0 amide bonds. The lowest BCUT2D eigenvalue weighted by atomic mass is 10.0. The molecule has 0 fully saturated rings. The third kappa shape index (κ3) is 16.6. The van der Waals surface area contributed by atoms with Crippen LogP contribution in [0.15, 0.2) is 54.6 Å². The van der Waals surface area contributed by atoms with Crippen molar-refractivity contribution in [2.75, 3.05) is 27.2 Å². The first-order chi connectivity index (χ1) is 19.8. The van der Waals surface area contributed by atoms with Crippen LogP contribution in [0.5, 0.6) is 5.75 Å². The highest BCUT2D eigenvalue weighted by atomic mass is 16.5. The van der Waals surface area contributed by atoms with Gasteiger partial charge in [-0.15, -0.1) is 0 Å². The molecule has 0 aliphatic carbocycles. The molecule has 4 nitrogen and oxygen atoms in total. The first-order valence-corrected chi connectivity index (χ1v) is 16.6. The van der Waals surface area contributed by atoms with Gasteiger partial charge in [-0.3, -0.25) is 4.79 Å². The van der Waals surface area contributed by atoms with E-state index in [1.807, 2.05) is 19.9 Å².